The summed E-state index contributed by atoms with van der Waals surface area (Å²) in [5.74, 6) is 0.419. The number of carbonyl (C=O) groups excluding carboxylic acids is 1. The van der Waals surface area contributed by atoms with E-state index in [-0.39, 0.29) is 18.6 Å². The van der Waals surface area contributed by atoms with Crippen LogP contribution in [0.5, 0.6) is 0 Å². The van der Waals surface area contributed by atoms with E-state index in [1.54, 1.807) is 0 Å². The molecule has 2 atom stereocenters. The van der Waals surface area contributed by atoms with Gasteiger partial charge >= 0.3 is 0 Å². The third-order valence-electron chi connectivity index (χ3n) is 5.74. The van der Waals surface area contributed by atoms with E-state index in [0.29, 0.717) is 5.92 Å². The molecule has 1 aromatic carbocycles. The minimum Gasteiger partial charge on any atom is -0.394 e. The van der Waals surface area contributed by atoms with Crippen LogP contribution in [-0.4, -0.2) is 78.1 Å². The predicted octanol–water partition coefficient (Wildman–Crippen LogP) is 1.67. The van der Waals surface area contributed by atoms with Gasteiger partial charge in [-0.3, -0.25) is 9.69 Å². The minimum atomic E-state index is -0.0532. The van der Waals surface area contributed by atoms with Gasteiger partial charge in [0, 0.05) is 44.8 Å². The fraction of sp³-hybridized carbons (Fsp3) is 0.650. The summed E-state index contributed by atoms with van der Waals surface area (Å²) in [6.07, 6.45) is 2.10. The zero-order valence-corrected chi connectivity index (χ0v) is 15.5. The van der Waals surface area contributed by atoms with Crippen LogP contribution in [0.3, 0.4) is 0 Å². The van der Waals surface area contributed by atoms with Gasteiger partial charge in [-0.2, -0.15) is 0 Å². The van der Waals surface area contributed by atoms with Gasteiger partial charge in [0.1, 0.15) is 0 Å². The molecule has 2 aliphatic heterocycles. The molecule has 2 saturated heterocycles. The summed E-state index contributed by atoms with van der Waals surface area (Å²) in [4.78, 5) is 19.7. The number of nitrogens with zero attached hydrogens (tertiary/aromatic N) is 3. The van der Waals surface area contributed by atoms with Crippen LogP contribution < -0.4 is 0 Å². The van der Waals surface area contributed by atoms with E-state index in [1.807, 2.05) is 23.1 Å². The van der Waals surface area contributed by atoms with Crippen molar-refractivity contribution < 1.29 is 9.90 Å². The van der Waals surface area contributed by atoms with Gasteiger partial charge in [0.2, 0.25) is 0 Å². The van der Waals surface area contributed by atoms with E-state index in [1.165, 1.54) is 5.56 Å². The lowest BCUT2D eigenvalue weighted by atomic mass is 9.90. The van der Waals surface area contributed by atoms with Crippen LogP contribution in [0.2, 0.25) is 0 Å². The average Bonchev–Trinajstić information content (AvgIpc) is 2.63. The summed E-state index contributed by atoms with van der Waals surface area (Å²) >= 11 is 0. The average molecular weight is 345 g/mol. The van der Waals surface area contributed by atoms with E-state index >= 15 is 0 Å². The molecule has 5 heteroatoms. The largest absolute Gasteiger partial charge is 0.394 e. The smallest absolute Gasteiger partial charge is 0.254 e. The van der Waals surface area contributed by atoms with Crippen LogP contribution in [0.4, 0.5) is 0 Å². The van der Waals surface area contributed by atoms with Crippen LogP contribution in [0, 0.1) is 5.92 Å². The third-order valence-corrected chi connectivity index (χ3v) is 5.74. The summed E-state index contributed by atoms with van der Waals surface area (Å²) in [5, 5.41) is 9.72. The Hall–Kier alpha value is -1.43. The SMILES string of the molecule is CC1CCCN(C(=O)c2cccc(CN3CCN(C)CC3)c2)C1CO. The predicted molar refractivity (Wildman–Crippen MR) is 99.5 cm³/mol. The lowest BCUT2D eigenvalue weighted by molar-refractivity contribution is 0.0358. The number of likely N-dealkylation sites (tertiary alicyclic amines) is 1. The van der Waals surface area contributed by atoms with Crippen LogP contribution in [-0.2, 0) is 6.54 Å². The highest BCUT2D eigenvalue weighted by Gasteiger charge is 2.31. The number of hydrogen-bond acceptors (Lipinski definition) is 4. The number of aliphatic hydroxyl groups is 1. The number of amides is 1. The first-order valence-corrected chi connectivity index (χ1v) is 9.50. The zero-order chi connectivity index (χ0) is 17.8. The molecule has 3 rings (SSSR count). The molecule has 138 valence electrons. The lowest BCUT2D eigenvalue weighted by Gasteiger charge is -2.39. The minimum absolute atomic E-state index is 0.0495. The monoisotopic (exact) mass is 345 g/mol. The second kappa shape index (κ2) is 8.30. The highest BCUT2D eigenvalue weighted by atomic mass is 16.3. The Balaban J connectivity index is 1.69. The second-order valence-electron chi connectivity index (χ2n) is 7.65. The van der Waals surface area contributed by atoms with E-state index in [2.05, 4.69) is 29.8 Å². The molecular formula is C20H31N3O2. The van der Waals surface area contributed by atoms with Gasteiger partial charge in [-0.25, -0.2) is 0 Å². The molecule has 0 bridgehead atoms. The van der Waals surface area contributed by atoms with E-state index < -0.39 is 0 Å². The molecule has 2 unspecified atom stereocenters. The fourth-order valence-electron chi connectivity index (χ4n) is 4.01. The molecule has 1 aromatic rings. The first kappa shape index (κ1) is 18.4. The van der Waals surface area contributed by atoms with Gasteiger partial charge in [-0.05, 0) is 43.5 Å². The molecule has 2 aliphatic rings. The molecule has 25 heavy (non-hydrogen) atoms. The number of piperidine rings is 1. The van der Waals surface area contributed by atoms with Crippen molar-refractivity contribution >= 4 is 5.91 Å². The number of benzene rings is 1. The molecule has 0 spiro atoms. The summed E-state index contributed by atoms with van der Waals surface area (Å²) in [5.41, 5.74) is 1.94. The van der Waals surface area contributed by atoms with Gasteiger partial charge in [0.25, 0.3) is 5.91 Å². The number of rotatable bonds is 4. The Morgan fingerprint density at radius 1 is 1.20 bits per heavy atom. The highest BCUT2D eigenvalue weighted by molar-refractivity contribution is 5.94. The lowest BCUT2D eigenvalue weighted by Crippen LogP contribution is -2.49. The van der Waals surface area contributed by atoms with Gasteiger partial charge < -0.3 is 14.9 Å². The number of piperazine rings is 1. The van der Waals surface area contributed by atoms with Crippen molar-refractivity contribution in [3.63, 3.8) is 0 Å². The van der Waals surface area contributed by atoms with Crippen LogP contribution >= 0.6 is 0 Å². The molecule has 0 saturated carbocycles. The van der Waals surface area contributed by atoms with Crippen molar-refractivity contribution in [2.45, 2.75) is 32.4 Å². The Morgan fingerprint density at radius 2 is 1.96 bits per heavy atom. The Labute approximate surface area is 151 Å². The fourth-order valence-corrected chi connectivity index (χ4v) is 4.01. The number of carbonyl (C=O) groups is 1. The van der Waals surface area contributed by atoms with Crippen LogP contribution in [0.1, 0.15) is 35.7 Å². The Morgan fingerprint density at radius 3 is 2.68 bits per heavy atom. The van der Waals surface area contributed by atoms with Crippen molar-refractivity contribution in [3.05, 3.63) is 35.4 Å². The summed E-state index contributed by atoms with van der Waals surface area (Å²) in [6.45, 7) is 8.17. The Kier molecular flexibility index (Phi) is 6.10. The highest BCUT2D eigenvalue weighted by Crippen LogP contribution is 2.25. The second-order valence-corrected chi connectivity index (χ2v) is 7.65. The summed E-state index contributed by atoms with van der Waals surface area (Å²) in [6, 6.07) is 7.98. The molecule has 5 nitrogen and oxygen atoms in total. The van der Waals surface area contributed by atoms with E-state index in [0.717, 1.165) is 57.7 Å². The maximum Gasteiger partial charge on any atom is 0.254 e. The van der Waals surface area contributed by atoms with Crippen molar-refractivity contribution in [2.24, 2.45) is 5.92 Å². The van der Waals surface area contributed by atoms with Crippen LogP contribution in [0.25, 0.3) is 0 Å². The molecule has 1 amide bonds. The van der Waals surface area contributed by atoms with Gasteiger partial charge in [0.15, 0.2) is 0 Å². The number of likely N-dealkylation sites (N-methyl/N-ethyl adjacent to an activating group) is 1. The number of aliphatic hydroxyl groups excluding tert-OH is 1. The van der Waals surface area contributed by atoms with Crippen LogP contribution in [0.15, 0.2) is 24.3 Å². The summed E-state index contributed by atoms with van der Waals surface area (Å²) in [7, 11) is 2.16. The first-order valence-electron chi connectivity index (χ1n) is 9.50. The van der Waals surface area contributed by atoms with Crippen molar-refractivity contribution in [3.8, 4) is 0 Å². The molecule has 1 N–H and O–H groups in total. The molecule has 2 fully saturated rings. The molecular weight excluding hydrogens is 314 g/mol. The van der Waals surface area contributed by atoms with Crippen molar-refractivity contribution in [2.75, 3.05) is 46.4 Å². The van der Waals surface area contributed by atoms with E-state index in [9.17, 15) is 9.90 Å². The zero-order valence-electron chi connectivity index (χ0n) is 15.5. The molecule has 0 aromatic heterocycles. The summed E-state index contributed by atoms with van der Waals surface area (Å²) < 4.78 is 0. The normalized spacial score (nSPS) is 26.0. The number of hydrogen-bond donors (Lipinski definition) is 1. The van der Waals surface area contributed by atoms with Gasteiger partial charge in [-0.1, -0.05) is 19.1 Å². The van der Waals surface area contributed by atoms with Gasteiger partial charge in [0.05, 0.1) is 12.6 Å². The van der Waals surface area contributed by atoms with Crippen molar-refractivity contribution in [1.29, 1.82) is 0 Å². The maximum atomic E-state index is 13.0. The third kappa shape index (κ3) is 4.40. The molecule has 0 radical (unpaired) electrons. The maximum absolute atomic E-state index is 13.0. The van der Waals surface area contributed by atoms with Gasteiger partial charge in [-0.15, -0.1) is 0 Å². The standard InChI is InChI=1S/C20H31N3O2/c1-16-5-4-8-23(19(16)15-24)20(25)18-7-3-6-17(13-18)14-22-11-9-21(2)10-12-22/h3,6-7,13,16,19,24H,4-5,8-12,14-15H2,1-2H3. The molecule has 2 heterocycles. The molecule has 0 aliphatic carbocycles. The quantitative estimate of drug-likeness (QED) is 0.902. The first-order chi connectivity index (χ1) is 12.1. The topological polar surface area (TPSA) is 47.0 Å². The Bertz CT molecular complexity index is 584. The van der Waals surface area contributed by atoms with Crippen molar-refractivity contribution in [1.82, 2.24) is 14.7 Å². The van der Waals surface area contributed by atoms with E-state index in [4.69, 9.17) is 0 Å².